The largest absolute Gasteiger partial charge is 0.350 e. The minimum Gasteiger partial charge on any atom is -0.350 e. The zero-order valence-electron chi connectivity index (χ0n) is 20.5. The number of anilines is 3. The molecule has 9 heteroatoms. The third-order valence-corrected chi connectivity index (χ3v) is 7.38. The number of rotatable bonds is 5. The molecule has 0 radical (unpaired) electrons. The molecule has 184 valence electrons. The van der Waals surface area contributed by atoms with Crippen molar-refractivity contribution in [2.45, 2.75) is 52.1 Å². The lowest BCUT2D eigenvalue weighted by molar-refractivity contribution is 0.541. The standard InChI is InChI=1S/C26H31ClFN7/c1-4-20-6-5-11-35(20)26-31-22(19-7-8-21(28)17(2)14-19)15-23(32-26)34-13-12-33(16-18(34)3)25-24(27)29-9-10-30-25/h7-10,14-15,18,20H,4-6,11-13,16H2,1-3H3. The zero-order valence-corrected chi connectivity index (χ0v) is 21.2. The first-order chi connectivity index (χ1) is 16.9. The molecule has 2 aliphatic rings. The van der Waals surface area contributed by atoms with Gasteiger partial charge in [0.25, 0.3) is 0 Å². The van der Waals surface area contributed by atoms with Gasteiger partial charge >= 0.3 is 0 Å². The summed E-state index contributed by atoms with van der Waals surface area (Å²) in [6.45, 7) is 9.43. The van der Waals surface area contributed by atoms with Crippen molar-refractivity contribution in [3.8, 4) is 11.3 Å². The maximum absolute atomic E-state index is 14.0. The van der Waals surface area contributed by atoms with Crippen LogP contribution < -0.4 is 14.7 Å². The van der Waals surface area contributed by atoms with Crippen molar-refractivity contribution >= 4 is 29.2 Å². The summed E-state index contributed by atoms with van der Waals surface area (Å²) >= 11 is 6.31. The maximum Gasteiger partial charge on any atom is 0.228 e. The van der Waals surface area contributed by atoms with Crippen molar-refractivity contribution in [3.63, 3.8) is 0 Å². The quantitative estimate of drug-likeness (QED) is 0.486. The van der Waals surface area contributed by atoms with E-state index < -0.39 is 0 Å². The van der Waals surface area contributed by atoms with Crippen LogP contribution in [0.25, 0.3) is 11.3 Å². The molecule has 2 aliphatic heterocycles. The van der Waals surface area contributed by atoms with E-state index in [-0.39, 0.29) is 11.9 Å². The third-order valence-electron chi connectivity index (χ3n) is 7.12. The Morgan fingerprint density at radius 3 is 2.63 bits per heavy atom. The summed E-state index contributed by atoms with van der Waals surface area (Å²) in [4.78, 5) is 25.5. The summed E-state index contributed by atoms with van der Waals surface area (Å²) in [7, 11) is 0. The van der Waals surface area contributed by atoms with Crippen LogP contribution in [0.2, 0.25) is 5.15 Å². The molecule has 2 fully saturated rings. The average Bonchev–Trinajstić information content (AvgIpc) is 3.35. The molecular formula is C26H31ClFN7. The minimum atomic E-state index is -0.207. The van der Waals surface area contributed by atoms with E-state index in [1.54, 1.807) is 25.4 Å². The van der Waals surface area contributed by atoms with E-state index in [0.717, 1.165) is 74.3 Å². The Labute approximate surface area is 211 Å². The summed E-state index contributed by atoms with van der Waals surface area (Å²) in [5.41, 5.74) is 2.33. The Balaban J connectivity index is 1.49. The maximum atomic E-state index is 14.0. The normalized spacial score (nSPS) is 20.5. The highest BCUT2D eigenvalue weighted by Crippen LogP contribution is 2.32. The molecule has 0 N–H and O–H groups in total. The van der Waals surface area contributed by atoms with Crippen LogP contribution in [0, 0.1) is 12.7 Å². The first-order valence-corrected chi connectivity index (χ1v) is 12.7. The molecule has 3 aromatic rings. The van der Waals surface area contributed by atoms with Gasteiger partial charge in [0.2, 0.25) is 5.95 Å². The number of aryl methyl sites for hydroxylation is 1. The van der Waals surface area contributed by atoms with Crippen molar-refractivity contribution in [2.24, 2.45) is 0 Å². The molecule has 4 heterocycles. The second kappa shape index (κ2) is 9.93. The van der Waals surface area contributed by atoms with Crippen LogP contribution in [0.15, 0.2) is 36.7 Å². The van der Waals surface area contributed by atoms with Gasteiger partial charge in [0.1, 0.15) is 11.6 Å². The predicted molar refractivity (Wildman–Crippen MR) is 139 cm³/mol. The highest BCUT2D eigenvalue weighted by molar-refractivity contribution is 6.31. The SMILES string of the molecule is CCC1CCCN1c1nc(-c2ccc(F)c(C)c2)cc(N2CCN(c3nccnc3Cl)CC2C)n1. The van der Waals surface area contributed by atoms with E-state index in [4.69, 9.17) is 21.6 Å². The molecule has 0 saturated carbocycles. The number of aromatic nitrogens is 4. The summed E-state index contributed by atoms with van der Waals surface area (Å²) < 4.78 is 14.0. The van der Waals surface area contributed by atoms with E-state index in [0.29, 0.717) is 16.8 Å². The second-order valence-corrected chi connectivity index (χ2v) is 9.79. The van der Waals surface area contributed by atoms with Crippen molar-refractivity contribution in [1.29, 1.82) is 0 Å². The minimum absolute atomic E-state index is 0.174. The van der Waals surface area contributed by atoms with Crippen LogP contribution >= 0.6 is 11.6 Å². The van der Waals surface area contributed by atoms with Crippen LogP contribution in [-0.4, -0.2) is 58.2 Å². The summed E-state index contributed by atoms with van der Waals surface area (Å²) in [6, 6.07) is 7.84. The molecule has 5 rings (SSSR count). The van der Waals surface area contributed by atoms with Crippen LogP contribution in [0.5, 0.6) is 0 Å². The van der Waals surface area contributed by atoms with Crippen LogP contribution in [0.1, 0.15) is 38.7 Å². The number of halogens is 2. The van der Waals surface area contributed by atoms with Gasteiger partial charge in [0.05, 0.1) is 5.69 Å². The van der Waals surface area contributed by atoms with Gasteiger partial charge in [-0.15, -0.1) is 0 Å². The lowest BCUT2D eigenvalue weighted by Crippen LogP contribution is -2.53. The lowest BCUT2D eigenvalue weighted by Gasteiger charge is -2.41. The first-order valence-electron chi connectivity index (χ1n) is 12.3. The Kier molecular flexibility index (Phi) is 6.73. The second-order valence-electron chi connectivity index (χ2n) is 9.43. The molecule has 7 nitrogen and oxygen atoms in total. The number of benzene rings is 1. The van der Waals surface area contributed by atoms with Crippen molar-refractivity contribution in [1.82, 2.24) is 19.9 Å². The molecule has 2 saturated heterocycles. The molecule has 0 amide bonds. The van der Waals surface area contributed by atoms with Crippen molar-refractivity contribution < 1.29 is 4.39 Å². The van der Waals surface area contributed by atoms with E-state index in [2.05, 4.69) is 38.5 Å². The highest BCUT2D eigenvalue weighted by Gasteiger charge is 2.30. The average molecular weight is 496 g/mol. The summed E-state index contributed by atoms with van der Waals surface area (Å²) in [5, 5.41) is 0.422. The van der Waals surface area contributed by atoms with Gasteiger partial charge in [0, 0.05) is 62.3 Å². The fraction of sp³-hybridized carbons (Fsp3) is 0.462. The van der Waals surface area contributed by atoms with E-state index in [1.165, 1.54) is 6.07 Å². The van der Waals surface area contributed by atoms with Gasteiger partial charge in [-0.25, -0.2) is 19.3 Å². The zero-order chi connectivity index (χ0) is 24.5. The fourth-order valence-electron chi connectivity index (χ4n) is 5.19. The fourth-order valence-corrected chi connectivity index (χ4v) is 5.41. The van der Waals surface area contributed by atoms with Crippen molar-refractivity contribution in [3.05, 3.63) is 53.2 Å². The highest BCUT2D eigenvalue weighted by atomic mass is 35.5. The molecular weight excluding hydrogens is 465 g/mol. The van der Waals surface area contributed by atoms with Crippen LogP contribution in [0.4, 0.5) is 22.0 Å². The number of piperazine rings is 1. The molecule has 1 aromatic carbocycles. The van der Waals surface area contributed by atoms with E-state index >= 15 is 0 Å². The Morgan fingerprint density at radius 2 is 1.89 bits per heavy atom. The topological polar surface area (TPSA) is 61.3 Å². The van der Waals surface area contributed by atoms with Gasteiger partial charge < -0.3 is 14.7 Å². The number of nitrogens with zero attached hydrogens (tertiary/aromatic N) is 7. The summed E-state index contributed by atoms with van der Waals surface area (Å²) in [6.07, 6.45) is 6.64. The van der Waals surface area contributed by atoms with E-state index in [9.17, 15) is 4.39 Å². The first kappa shape index (κ1) is 23.7. The monoisotopic (exact) mass is 495 g/mol. The Hall–Kier alpha value is -3.00. The van der Waals surface area contributed by atoms with Gasteiger partial charge in [-0.3, -0.25) is 0 Å². The lowest BCUT2D eigenvalue weighted by atomic mass is 10.1. The predicted octanol–water partition coefficient (Wildman–Crippen LogP) is 5.13. The smallest absolute Gasteiger partial charge is 0.228 e. The number of hydrogen-bond donors (Lipinski definition) is 0. The van der Waals surface area contributed by atoms with Crippen LogP contribution in [0.3, 0.4) is 0 Å². The van der Waals surface area contributed by atoms with Gasteiger partial charge in [0.15, 0.2) is 11.0 Å². The van der Waals surface area contributed by atoms with E-state index in [1.807, 2.05) is 12.1 Å². The molecule has 2 aromatic heterocycles. The Morgan fingerprint density at radius 1 is 1.06 bits per heavy atom. The molecule has 35 heavy (non-hydrogen) atoms. The molecule has 2 atom stereocenters. The number of hydrogen-bond acceptors (Lipinski definition) is 7. The third kappa shape index (κ3) is 4.76. The van der Waals surface area contributed by atoms with Gasteiger partial charge in [-0.1, -0.05) is 18.5 Å². The molecule has 0 spiro atoms. The molecule has 2 unspecified atom stereocenters. The van der Waals surface area contributed by atoms with Gasteiger partial charge in [-0.2, -0.15) is 4.98 Å². The summed E-state index contributed by atoms with van der Waals surface area (Å²) in [5.74, 6) is 2.16. The van der Waals surface area contributed by atoms with Crippen LogP contribution in [-0.2, 0) is 0 Å². The molecule has 0 bridgehead atoms. The molecule has 0 aliphatic carbocycles. The Bertz CT molecular complexity index is 1210. The van der Waals surface area contributed by atoms with Crippen molar-refractivity contribution in [2.75, 3.05) is 40.9 Å². The van der Waals surface area contributed by atoms with Gasteiger partial charge in [-0.05, 0) is 56.9 Å².